The Kier molecular flexibility index (Phi) is 8.85. The van der Waals surface area contributed by atoms with Crippen LogP contribution in [0.1, 0.15) is 57.0 Å². The number of allylic oxidation sites excluding steroid dienone is 1. The molecule has 3 N–H and O–H groups in total. The van der Waals surface area contributed by atoms with Gasteiger partial charge in [-0.15, -0.1) is 0 Å². The number of nitrogens with zero attached hydrogens (tertiary/aromatic N) is 4. The van der Waals surface area contributed by atoms with Crippen LogP contribution in [0, 0.1) is 0 Å². The Bertz CT molecular complexity index is 973. The molecule has 0 atom stereocenters. The summed E-state index contributed by atoms with van der Waals surface area (Å²) < 4.78 is 14.6. The summed E-state index contributed by atoms with van der Waals surface area (Å²) in [5.74, 6) is 0.531. The van der Waals surface area contributed by atoms with Crippen molar-refractivity contribution < 1.29 is 15.7 Å². The third kappa shape index (κ3) is 6.79. The third-order valence-electron chi connectivity index (χ3n) is 5.71. The van der Waals surface area contributed by atoms with E-state index in [1.165, 1.54) is 6.20 Å². The van der Waals surface area contributed by atoms with E-state index in [2.05, 4.69) is 10.3 Å². The molecule has 0 spiro atoms. The number of rotatable bonds is 10. The van der Waals surface area contributed by atoms with Crippen LogP contribution in [0.15, 0.2) is 35.7 Å². The normalized spacial score (nSPS) is 19.5. The van der Waals surface area contributed by atoms with Crippen LogP contribution in [0.2, 0.25) is 0 Å². The molecule has 2 heterocycles. The van der Waals surface area contributed by atoms with Gasteiger partial charge in [-0.2, -0.15) is 0 Å². The van der Waals surface area contributed by atoms with Gasteiger partial charge in [-0.3, -0.25) is 14.5 Å². The maximum Gasteiger partial charge on any atom is 0.251 e. The molecule has 0 bridgehead atoms. The average molecular weight is 459 g/mol. The van der Waals surface area contributed by atoms with Crippen molar-refractivity contribution >= 4 is 17.7 Å². The lowest BCUT2D eigenvalue weighted by Gasteiger charge is -2.29. The highest BCUT2D eigenvalue weighted by molar-refractivity contribution is 6.09. The molecule has 9 heteroatoms. The lowest BCUT2D eigenvalue weighted by Crippen LogP contribution is -2.39. The van der Waals surface area contributed by atoms with E-state index in [1.807, 2.05) is 42.7 Å². The number of aliphatic imine (C=N–C) groups is 1. The van der Waals surface area contributed by atoms with Crippen molar-refractivity contribution in [1.82, 2.24) is 19.7 Å². The Morgan fingerprint density at radius 1 is 1.30 bits per heavy atom. The van der Waals surface area contributed by atoms with Gasteiger partial charge in [0.05, 0.1) is 25.0 Å². The number of hydrogen-bond acceptors (Lipinski definition) is 6. The Hall–Kier alpha value is -2.91. The van der Waals surface area contributed by atoms with Crippen LogP contribution < -0.4 is 11.1 Å². The van der Waals surface area contributed by atoms with Crippen LogP contribution in [-0.4, -0.2) is 65.0 Å². The van der Waals surface area contributed by atoms with Crippen molar-refractivity contribution in [2.45, 2.75) is 57.7 Å². The monoisotopic (exact) mass is 458 g/mol. The van der Waals surface area contributed by atoms with Crippen LogP contribution in [0.3, 0.4) is 0 Å². The molecule has 0 unspecified atom stereocenters. The number of nitrogens with one attached hydrogen (secondary N) is 1. The van der Waals surface area contributed by atoms with Crippen molar-refractivity contribution in [2.75, 3.05) is 20.3 Å². The topological polar surface area (TPSA) is 109 Å². The molecule has 0 radical (unpaired) electrons. The Morgan fingerprint density at radius 3 is 2.64 bits per heavy atom. The third-order valence-corrected chi connectivity index (χ3v) is 5.71. The molecule has 9 nitrogen and oxygen atoms in total. The van der Waals surface area contributed by atoms with Gasteiger partial charge in [-0.1, -0.05) is 0 Å². The van der Waals surface area contributed by atoms with Crippen LogP contribution in [-0.2, 0) is 16.5 Å². The summed E-state index contributed by atoms with van der Waals surface area (Å²) in [6, 6.07) is 3.82. The fourth-order valence-corrected chi connectivity index (χ4v) is 3.78. The number of aryl methyl sites for hydroxylation is 1. The fourth-order valence-electron chi connectivity index (χ4n) is 3.78. The highest BCUT2D eigenvalue weighted by Gasteiger charge is 2.24. The maximum absolute atomic E-state index is 13.2. The van der Waals surface area contributed by atoms with Gasteiger partial charge in [0.2, 0.25) is 0 Å². The largest absolute Gasteiger partial charge is 0.404 e. The number of hydrogen-bond donors (Lipinski definition) is 2. The first-order valence-corrected chi connectivity index (χ1v) is 11.5. The quantitative estimate of drug-likeness (QED) is 0.420. The van der Waals surface area contributed by atoms with E-state index >= 15 is 0 Å². The lowest BCUT2D eigenvalue weighted by atomic mass is 9.92. The number of carbonyl (C=O) groups is 1. The second-order valence-electron chi connectivity index (χ2n) is 8.62. The van der Waals surface area contributed by atoms with E-state index in [9.17, 15) is 4.79 Å². The van der Waals surface area contributed by atoms with E-state index in [4.69, 9.17) is 20.2 Å². The van der Waals surface area contributed by atoms with Gasteiger partial charge in [0.25, 0.3) is 5.91 Å². The van der Waals surface area contributed by atoms with Crippen molar-refractivity contribution in [2.24, 2.45) is 17.8 Å². The average Bonchev–Trinajstić information content (AvgIpc) is 2.79. The smallest absolute Gasteiger partial charge is 0.251 e. The SMILES string of the molecule is COCCOC1CCC(NC(=O)c2cc(/C(C=NC(C)C)=C/N)nc(-n3ccn3C)c2)CC1.[HH]. The Balaban J connectivity index is 0.00000408. The Morgan fingerprint density at radius 2 is 2.06 bits per heavy atom. The molecule has 2 aromatic rings. The number of carbonyl (C=O) groups excluding carboxylic acids is 1. The number of pyridine rings is 1. The molecular weight excluding hydrogens is 420 g/mol. The highest BCUT2D eigenvalue weighted by Crippen LogP contribution is 2.22. The minimum atomic E-state index is -0.118. The molecule has 33 heavy (non-hydrogen) atoms. The molecule has 1 aliphatic rings. The fraction of sp³-hybridized carbons (Fsp3) is 0.542. The first kappa shape index (κ1) is 24.7. The molecule has 1 amide bonds. The summed E-state index contributed by atoms with van der Waals surface area (Å²) in [6.45, 7) is 5.19. The minimum Gasteiger partial charge on any atom is -0.404 e. The van der Waals surface area contributed by atoms with Crippen molar-refractivity contribution in [3.05, 3.63) is 42.0 Å². The van der Waals surface area contributed by atoms with Crippen molar-refractivity contribution in [3.8, 4) is 5.82 Å². The van der Waals surface area contributed by atoms with Crippen molar-refractivity contribution in [3.63, 3.8) is 0 Å². The highest BCUT2D eigenvalue weighted by atomic mass is 16.5. The number of amides is 1. The molecule has 0 saturated heterocycles. The summed E-state index contributed by atoms with van der Waals surface area (Å²) >= 11 is 0. The summed E-state index contributed by atoms with van der Waals surface area (Å²) in [7, 11) is 3.59. The predicted octanol–water partition coefficient (Wildman–Crippen LogP) is 2.94. The van der Waals surface area contributed by atoms with E-state index in [0.29, 0.717) is 35.9 Å². The molecule has 0 aromatic carbocycles. The van der Waals surface area contributed by atoms with E-state index in [0.717, 1.165) is 25.7 Å². The molecule has 1 aliphatic carbocycles. The van der Waals surface area contributed by atoms with E-state index in [-0.39, 0.29) is 25.5 Å². The molecule has 182 valence electrons. The second kappa shape index (κ2) is 11.8. The van der Waals surface area contributed by atoms with Crippen molar-refractivity contribution in [1.29, 1.82) is 0 Å². The van der Waals surface area contributed by atoms with Crippen LogP contribution in [0.5, 0.6) is 0 Å². The molecule has 0 aliphatic heterocycles. The number of methoxy groups -OCH3 is 1. The van der Waals surface area contributed by atoms with Gasteiger partial charge in [-0.05, 0) is 51.7 Å². The van der Waals surface area contributed by atoms with Gasteiger partial charge in [-0.25, -0.2) is 9.67 Å². The Labute approximate surface area is 197 Å². The molecule has 3 rings (SSSR count). The van der Waals surface area contributed by atoms with Gasteiger partial charge >= 0.3 is 0 Å². The number of aromatic nitrogens is 3. The van der Waals surface area contributed by atoms with Crippen LogP contribution in [0.25, 0.3) is 11.4 Å². The van der Waals surface area contributed by atoms with E-state index < -0.39 is 0 Å². The number of ether oxygens (including phenoxy) is 2. The molecular formula is C24H38N6O3. The standard InChI is InChI=1S/C24H36N6O3.H2/c1-17(2)26-16-19(15-25)22-13-18(14-23(28-22)30-10-9-29(30)3)24(31)27-20-5-7-21(8-6-20)33-12-11-32-4;/h9-10,13-17,20-21H,5-8,11-12,25H2,1-4H3,(H,27,31);1H/b19-15+,26-16?;. The van der Waals surface area contributed by atoms with Gasteiger partial charge in [0, 0.05) is 63.6 Å². The zero-order chi connectivity index (χ0) is 23.8. The lowest BCUT2D eigenvalue weighted by molar-refractivity contribution is -0.00408. The first-order chi connectivity index (χ1) is 15.9. The molecule has 1 saturated carbocycles. The zero-order valence-corrected chi connectivity index (χ0v) is 20.0. The zero-order valence-electron chi connectivity index (χ0n) is 20.0. The predicted molar refractivity (Wildman–Crippen MR) is 132 cm³/mol. The van der Waals surface area contributed by atoms with Gasteiger partial charge in [0.15, 0.2) is 5.82 Å². The molecule has 2 aromatic heterocycles. The maximum atomic E-state index is 13.2. The summed E-state index contributed by atoms with van der Waals surface area (Å²) in [4.78, 5) is 22.3. The number of nitrogens with two attached hydrogens (primary N) is 1. The summed E-state index contributed by atoms with van der Waals surface area (Å²) in [6.07, 6.45) is 10.9. The van der Waals surface area contributed by atoms with Crippen LogP contribution >= 0.6 is 0 Å². The second-order valence-corrected chi connectivity index (χ2v) is 8.62. The molecule has 1 fully saturated rings. The minimum absolute atomic E-state index is 0. The van der Waals surface area contributed by atoms with Gasteiger partial charge in [0.1, 0.15) is 0 Å². The summed E-state index contributed by atoms with van der Waals surface area (Å²) in [5.41, 5.74) is 7.68. The summed E-state index contributed by atoms with van der Waals surface area (Å²) in [5, 5.41) is 3.19. The van der Waals surface area contributed by atoms with Crippen LogP contribution in [0.4, 0.5) is 0 Å². The van der Waals surface area contributed by atoms with E-state index in [1.54, 1.807) is 25.5 Å². The van der Waals surface area contributed by atoms with Gasteiger partial charge < -0.3 is 20.5 Å². The first-order valence-electron chi connectivity index (χ1n) is 11.5.